The third kappa shape index (κ3) is 3.72. The Labute approximate surface area is 132 Å². The molecule has 2 fully saturated rings. The Balaban J connectivity index is 1.50. The third-order valence-electron chi connectivity index (χ3n) is 4.29. The fraction of sp³-hybridized carbons (Fsp3) is 0.875. The second-order valence-electron chi connectivity index (χ2n) is 7.47. The molecule has 0 saturated carbocycles. The Morgan fingerprint density at radius 3 is 2.64 bits per heavy atom. The van der Waals surface area contributed by atoms with E-state index in [-0.39, 0.29) is 18.2 Å². The lowest BCUT2D eigenvalue weighted by Crippen LogP contribution is -2.38. The van der Waals surface area contributed by atoms with Gasteiger partial charge in [-0.2, -0.15) is 0 Å². The van der Waals surface area contributed by atoms with Crippen LogP contribution in [-0.2, 0) is 9.47 Å². The van der Waals surface area contributed by atoms with Gasteiger partial charge in [0.2, 0.25) is 0 Å². The molecule has 0 aromatic heterocycles. The molecular formula is C16H27N3O3. The van der Waals surface area contributed by atoms with Crippen molar-refractivity contribution in [3.05, 3.63) is 0 Å². The first-order chi connectivity index (χ1) is 10.4. The molecule has 6 nitrogen and oxygen atoms in total. The number of likely N-dealkylation sites (tertiary alicyclic amines) is 2. The minimum Gasteiger partial charge on any atom is -0.472 e. The Morgan fingerprint density at radius 2 is 2.00 bits per heavy atom. The number of rotatable bonds is 2. The van der Waals surface area contributed by atoms with Gasteiger partial charge in [-0.25, -0.2) is 9.79 Å². The van der Waals surface area contributed by atoms with E-state index in [9.17, 15) is 4.79 Å². The molecule has 0 aromatic rings. The monoisotopic (exact) mass is 309 g/mol. The third-order valence-corrected chi connectivity index (χ3v) is 4.29. The second-order valence-corrected chi connectivity index (χ2v) is 7.47. The minimum atomic E-state index is -0.460. The molecule has 2 atom stereocenters. The van der Waals surface area contributed by atoms with Crippen LogP contribution in [0, 0.1) is 0 Å². The van der Waals surface area contributed by atoms with E-state index in [1.165, 1.54) is 19.3 Å². The van der Waals surface area contributed by atoms with Gasteiger partial charge in [-0.3, -0.25) is 4.90 Å². The fourth-order valence-electron chi connectivity index (χ4n) is 3.25. The predicted molar refractivity (Wildman–Crippen MR) is 84.2 cm³/mol. The molecule has 3 aliphatic heterocycles. The summed E-state index contributed by atoms with van der Waals surface area (Å²) in [5.74, 6) is 0.848. The van der Waals surface area contributed by atoms with Crippen molar-refractivity contribution < 1.29 is 14.3 Å². The molecule has 3 rings (SSSR count). The predicted octanol–water partition coefficient (Wildman–Crippen LogP) is 1.89. The summed E-state index contributed by atoms with van der Waals surface area (Å²) in [7, 11) is 0. The highest BCUT2D eigenvalue weighted by molar-refractivity contribution is 5.80. The molecule has 0 radical (unpaired) electrons. The summed E-state index contributed by atoms with van der Waals surface area (Å²) in [4.78, 5) is 20.9. The van der Waals surface area contributed by atoms with Gasteiger partial charge in [-0.1, -0.05) is 6.42 Å². The smallest absolute Gasteiger partial charge is 0.410 e. The number of nitrogens with zero attached hydrogens (tertiary/aromatic N) is 3. The van der Waals surface area contributed by atoms with Crippen molar-refractivity contribution in [3.8, 4) is 0 Å². The van der Waals surface area contributed by atoms with E-state index < -0.39 is 5.60 Å². The zero-order valence-corrected chi connectivity index (χ0v) is 13.9. The molecule has 2 saturated heterocycles. The average molecular weight is 309 g/mol. The number of aliphatic imine (C=N–C) groups is 1. The van der Waals surface area contributed by atoms with Gasteiger partial charge in [-0.15, -0.1) is 0 Å². The van der Waals surface area contributed by atoms with Gasteiger partial charge in [-0.05, 0) is 46.7 Å². The van der Waals surface area contributed by atoms with E-state index >= 15 is 0 Å². The number of ether oxygens (including phenoxy) is 2. The van der Waals surface area contributed by atoms with Crippen LogP contribution < -0.4 is 0 Å². The molecule has 0 N–H and O–H groups in total. The number of carbonyl (C=O) groups excluding carboxylic acids is 1. The van der Waals surface area contributed by atoms with Gasteiger partial charge >= 0.3 is 6.09 Å². The first-order valence-corrected chi connectivity index (χ1v) is 8.34. The highest BCUT2D eigenvalue weighted by Crippen LogP contribution is 2.25. The van der Waals surface area contributed by atoms with Crippen LogP contribution in [0.2, 0.25) is 0 Å². The second kappa shape index (κ2) is 6.07. The van der Waals surface area contributed by atoms with E-state index in [0.29, 0.717) is 13.1 Å². The number of hydrogen-bond acceptors (Lipinski definition) is 5. The van der Waals surface area contributed by atoms with Crippen LogP contribution in [0.15, 0.2) is 4.99 Å². The zero-order valence-electron chi connectivity index (χ0n) is 13.9. The molecule has 2 unspecified atom stereocenters. The van der Waals surface area contributed by atoms with Gasteiger partial charge in [0.1, 0.15) is 17.7 Å². The van der Waals surface area contributed by atoms with Crippen LogP contribution in [0.4, 0.5) is 4.79 Å². The highest BCUT2D eigenvalue weighted by atomic mass is 16.6. The largest absolute Gasteiger partial charge is 0.472 e. The maximum absolute atomic E-state index is 12.1. The van der Waals surface area contributed by atoms with Crippen molar-refractivity contribution in [1.82, 2.24) is 9.80 Å². The summed E-state index contributed by atoms with van der Waals surface area (Å²) in [6.07, 6.45) is 3.62. The molecule has 6 heteroatoms. The zero-order chi connectivity index (χ0) is 15.7. The highest BCUT2D eigenvalue weighted by Gasteiger charge is 2.42. The lowest BCUT2D eigenvalue weighted by Gasteiger charge is -2.26. The number of hydrogen-bond donors (Lipinski definition) is 0. The van der Waals surface area contributed by atoms with Crippen LogP contribution in [0.25, 0.3) is 0 Å². The van der Waals surface area contributed by atoms with Gasteiger partial charge in [0.25, 0.3) is 0 Å². The maximum Gasteiger partial charge on any atom is 0.410 e. The summed E-state index contributed by atoms with van der Waals surface area (Å²) >= 11 is 0. The fourth-order valence-corrected chi connectivity index (χ4v) is 3.25. The summed E-state index contributed by atoms with van der Waals surface area (Å²) in [6, 6.07) is 0.0762. The molecule has 22 heavy (non-hydrogen) atoms. The van der Waals surface area contributed by atoms with E-state index in [1.54, 1.807) is 4.90 Å². The molecule has 3 heterocycles. The number of carbonyl (C=O) groups is 1. The molecule has 3 aliphatic rings. The van der Waals surface area contributed by atoms with Crippen molar-refractivity contribution in [2.45, 2.75) is 57.8 Å². The molecule has 0 spiro atoms. The molecule has 0 bridgehead atoms. The SMILES string of the molecule is CC(C)(C)OC(=O)N1CC2N=C(CN3CCCCC3)OC2C1. The number of amides is 1. The molecular weight excluding hydrogens is 282 g/mol. The van der Waals surface area contributed by atoms with Crippen LogP contribution >= 0.6 is 0 Å². The summed E-state index contributed by atoms with van der Waals surface area (Å²) in [5.41, 5.74) is -0.460. The lowest BCUT2D eigenvalue weighted by molar-refractivity contribution is 0.0270. The van der Waals surface area contributed by atoms with Crippen molar-refractivity contribution >= 4 is 12.0 Å². The van der Waals surface area contributed by atoms with Crippen molar-refractivity contribution in [3.63, 3.8) is 0 Å². The summed E-state index contributed by atoms with van der Waals surface area (Å²) < 4.78 is 11.4. The Morgan fingerprint density at radius 1 is 1.27 bits per heavy atom. The topological polar surface area (TPSA) is 54.4 Å². The van der Waals surface area contributed by atoms with E-state index in [0.717, 1.165) is 25.5 Å². The van der Waals surface area contributed by atoms with Crippen LogP contribution in [0.5, 0.6) is 0 Å². The Hall–Kier alpha value is -1.30. The average Bonchev–Trinajstić information content (AvgIpc) is 2.96. The Bertz CT molecular complexity index is 452. The van der Waals surface area contributed by atoms with E-state index in [1.807, 2.05) is 20.8 Å². The van der Waals surface area contributed by atoms with Crippen LogP contribution in [0.1, 0.15) is 40.0 Å². The molecule has 124 valence electrons. The maximum atomic E-state index is 12.1. The number of piperidine rings is 1. The van der Waals surface area contributed by atoms with Crippen molar-refractivity contribution in [2.24, 2.45) is 4.99 Å². The summed E-state index contributed by atoms with van der Waals surface area (Å²) in [6.45, 7) is 9.92. The quantitative estimate of drug-likeness (QED) is 0.781. The molecule has 0 aromatic carbocycles. The first-order valence-electron chi connectivity index (χ1n) is 8.34. The summed E-state index contributed by atoms with van der Waals surface area (Å²) in [5, 5.41) is 0. The van der Waals surface area contributed by atoms with Crippen LogP contribution in [-0.4, -0.2) is 72.3 Å². The minimum absolute atomic E-state index is 0.00677. The lowest BCUT2D eigenvalue weighted by atomic mass is 10.1. The van der Waals surface area contributed by atoms with Crippen molar-refractivity contribution in [2.75, 3.05) is 32.7 Å². The standard InChI is InChI=1S/C16H27N3O3/c1-16(2,3)22-15(20)19-9-12-13(10-19)21-14(17-12)11-18-7-5-4-6-8-18/h12-13H,4-11H2,1-3H3. The van der Waals surface area contributed by atoms with Crippen molar-refractivity contribution in [1.29, 1.82) is 0 Å². The number of fused-ring (bicyclic) bond motifs is 1. The van der Waals surface area contributed by atoms with Crippen LogP contribution in [0.3, 0.4) is 0 Å². The van der Waals surface area contributed by atoms with E-state index in [2.05, 4.69) is 9.89 Å². The van der Waals surface area contributed by atoms with Gasteiger partial charge in [0, 0.05) is 0 Å². The molecule has 1 amide bonds. The normalized spacial score (nSPS) is 29.0. The molecule has 0 aliphatic carbocycles. The van der Waals surface area contributed by atoms with Gasteiger partial charge in [0.15, 0.2) is 5.90 Å². The van der Waals surface area contributed by atoms with Gasteiger partial charge < -0.3 is 14.4 Å². The van der Waals surface area contributed by atoms with E-state index in [4.69, 9.17) is 9.47 Å². The first kappa shape index (κ1) is 15.6. The Kier molecular flexibility index (Phi) is 4.30. The van der Waals surface area contributed by atoms with Gasteiger partial charge in [0.05, 0.1) is 19.6 Å².